The van der Waals surface area contributed by atoms with Gasteiger partial charge in [0.05, 0.1) is 12.6 Å². The number of ether oxygens (including phenoxy) is 1. The van der Waals surface area contributed by atoms with Crippen molar-refractivity contribution in [2.24, 2.45) is 0 Å². The van der Waals surface area contributed by atoms with E-state index in [4.69, 9.17) is 4.74 Å². The van der Waals surface area contributed by atoms with Gasteiger partial charge in [-0.2, -0.15) is 0 Å². The molecular formula is C17H25N3O3. The first-order valence-corrected chi connectivity index (χ1v) is 8.13. The summed E-state index contributed by atoms with van der Waals surface area (Å²) >= 11 is 0. The molecule has 2 N–H and O–H groups in total. The molecule has 1 aromatic carbocycles. The van der Waals surface area contributed by atoms with Crippen LogP contribution in [0.15, 0.2) is 24.3 Å². The van der Waals surface area contributed by atoms with Crippen LogP contribution in [0.3, 0.4) is 0 Å². The topological polar surface area (TPSA) is 70.7 Å². The molecule has 3 amide bonds. The fourth-order valence-corrected chi connectivity index (χ4v) is 2.50. The number of nitrogens with zero attached hydrogens (tertiary/aromatic N) is 1. The van der Waals surface area contributed by atoms with Crippen LogP contribution in [0.5, 0.6) is 5.75 Å². The van der Waals surface area contributed by atoms with Gasteiger partial charge in [-0.1, -0.05) is 6.92 Å². The van der Waals surface area contributed by atoms with Crippen LogP contribution in [0.4, 0.5) is 10.5 Å². The molecule has 1 aromatic rings. The fraction of sp³-hybridized carbons (Fsp3) is 0.529. The summed E-state index contributed by atoms with van der Waals surface area (Å²) in [6.45, 7) is 6.99. The molecule has 0 saturated carbocycles. The van der Waals surface area contributed by atoms with Crippen molar-refractivity contribution < 1.29 is 14.3 Å². The Morgan fingerprint density at radius 3 is 2.65 bits per heavy atom. The van der Waals surface area contributed by atoms with Gasteiger partial charge in [-0.3, -0.25) is 4.79 Å². The summed E-state index contributed by atoms with van der Waals surface area (Å²) in [4.78, 5) is 25.7. The molecule has 6 nitrogen and oxygen atoms in total. The molecule has 1 fully saturated rings. The van der Waals surface area contributed by atoms with Gasteiger partial charge in [0, 0.05) is 24.7 Å². The number of carbonyl (C=O) groups excluding carboxylic acids is 2. The zero-order valence-corrected chi connectivity index (χ0v) is 14.0. The molecular weight excluding hydrogens is 294 g/mol. The van der Waals surface area contributed by atoms with Gasteiger partial charge in [-0.05, 0) is 44.5 Å². The van der Waals surface area contributed by atoms with E-state index in [1.54, 1.807) is 4.90 Å². The Morgan fingerprint density at radius 2 is 2.04 bits per heavy atom. The van der Waals surface area contributed by atoms with Crippen LogP contribution >= 0.6 is 0 Å². The van der Waals surface area contributed by atoms with E-state index in [0.29, 0.717) is 19.6 Å². The first kappa shape index (κ1) is 17.1. The quantitative estimate of drug-likeness (QED) is 0.845. The van der Waals surface area contributed by atoms with Gasteiger partial charge >= 0.3 is 6.03 Å². The number of anilines is 1. The van der Waals surface area contributed by atoms with E-state index < -0.39 is 0 Å². The molecule has 1 saturated heterocycles. The maximum Gasteiger partial charge on any atom is 0.315 e. The Morgan fingerprint density at radius 1 is 1.35 bits per heavy atom. The average molecular weight is 319 g/mol. The standard InChI is InChI=1S/C17H25N3O3/c1-4-12(3)18-17(22)19-13-10-16(21)20(11-13)14-6-8-15(9-7-14)23-5-2/h6-9,12-13H,4-5,10-11H2,1-3H3,(H2,18,19,22)/t12-,13-/m0/s1. The van der Waals surface area contributed by atoms with Crippen LogP contribution in [0.1, 0.15) is 33.6 Å². The molecule has 0 radical (unpaired) electrons. The lowest BCUT2D eigenvalue weighted by atomic mass is 10.2. The molecule has 0 unspecified atom stereocenters. The van der Waals surface area contributed by atoms with Gasteiger partial charge in [-0.25, -0.2) is 4.79 Å². The Hall–Kier alpha value is -2.24. The molecule has 0 aliphatic carbocycles. The van der Waals surface area contributed by atoms with Crippen LogP contribution in [-0.2, 0) is 4.79 Å². The summed E-state index contributed by atoms with van der Waals surface area (Å²) < 4.78 is 5.40. The second-order valence-corrected chi connectivity index (χ2v) is 5.76. The van der Waals surface area contributed by atoms with Gasteiger partial charge in [0.15, 0.2) is 0 Å². The van der Waals surface area contributed by atoms with E-state index in [1.807, 2.05) is 45.0 Å². The summed E-state index contributed by atoms with van der Waals surface area (Å²) in [5, 5.41) is 5.72. The first-order chi connectivity index (χ1) is 11.0. The van der Waals surface area contributed by atoms with Crippen LogP contribution < -0.4 is 20.3 Å². The lowest BCUT2D eigenvalue weighted by Gasteiger charge is -2.19. The van der Waals surface area contributed by atoms with Crippen LogP contribution in [-0.4, -0.2) is 37.2 Å². The van der Waals surface area contributed by atoms with Crippen molar-refractivity contribution in [2.75, 3.05) is 18.1 Å². The van der Waals surface area contributed by atoms with Gasteiger partial charge in [0.1, 0.15) is 5.75 Å². The second kappa shape index (κ2) is 7.85. The minimum atomic E-state index is -0.217. The van der Waals surface area contributed by atoms with E-state index >= 15 is 0 Å². The summed E-state index contributed by atoms with van der Waals surface area (Å²) in [5.41, 5.74) is 0.824. The lowest BCUT2D eigenvalue weighted by Crippen LogP contribution is -2.46. The predicted molar refractivity (Wildman–Crippen MR) is 89.8 cm³/mol. The minimum Gasteiger partial charge on any atom is -0.494 e. The Bertz CT molecular complexity index is 545. The van der Waals surface area contributed by atoms with Gasteiger partial charge in [0.25, 0.3) is 0 Å². The number of benzene rings is 1. The molecule has 0 spiro atoms. The number of amides is 3. The molecule has 2 rings (SSSR count). The first-order valence-electron chi connectivity index (χ1n) is 8.13. The van der Waals surface area contributed by atoms with Crippen LogP contribution in [0, 0.1) is 0 Å². The molecule has 1 aliphatic heterocycles. The Labute approximate surface area is 137 Å². The SMILES string of the molecule is CCOc1ccc(N2C[C@@H](NC(=O)N[C@@H](C)CC)CC2=O)cc1. The number of hydrogen-bond acceptors (Lipinski definition) is 3. The highest BCUT2D eigenvalue weighted by molar-refractivity contribution is 5.96. The van der Waals surface area contributed by atoms with Crippen molar-refractivity contribution in [3.63, 3.8) is 0 Å². The smallest absolute Gasteiger partial charge is 0.315 e. The van der Waals surface area contributed by atoms with Crippen molar-refractivity contribution in [2.45, 2.75) is 45.7 Å². The maximum atomic E-state index is 12.2. The van der Waals surface area contributed by atoms with Crippen molar-refractivity contribution >= 4 is 17.6 Å². The second-order valence-electron chi connectivity index (χ2n) is 5.76. The summed E-state index contributed by atoms with van der Waals surface area (Å²) in [6, 6.07) is 7.16. The molecule has 23 heavy (non-hydrogen) atoms. The summed E-state index contributed by atoms with van der Waals surface area (Å²) in [6.07, 6.45) is 1.19. The third-order valence-corrected chi connectivity index (χ3v) is 3.91. The minimum absolute atomic E-state index is 0.0167. The zero-order valence-electron chi connectivity index (χ0n) is 14.0. The number of hydrogen-bond donors (Lipinski definition) is 2. The zero-order chi connectivity index (χ0) is 16.8. The number of carbonyl (C=O) groups is 2. The van der Waals surface area contributed by atoms with Crippen molar-refractivity contribution in [1.82, 2.24) is 10.6 Å². The van der Waals surface area contributed by atoms with E-state index in [2.05, 4.69) is 10.6 Å². The van der Waals surface area contributed by atoms with Crippen molar-refractivity contribution in [1.29, 1.82) is 0 Å². The summed E-state index contributed by atoms with van der Waals surface area (Å²) in [5.74, 6) is 0.800. The Kier molecular flexibility index (Phi) is 5.84. The lowest BCUT2D eigenvalue weighted by molar-refractivity contribution is -0.117. The highest BCUT2D eigenvalue weighted by Crippen LogP contribution is 2.24. The van der Waals surface area contributed by atoms with Crippen molar-refractivity contribution in [3.8, 4) is 5.75 Å². The van der Waals surface area contributed by atoms with Crippen LogP contribution in [0.25, 0.3) is 0 Å². The molecule has 6 heteroatoms. The van der Waals surface area contributed by atoms with Gasteiger partial charge in [-0.15, -0.1) is 0 Å². The van der Waals surface area contributed by atoms with E-state index in [0.717, 1.165) is 17.9 Å². The van der Waals surface area contributed by atoms with E-state index in [-0.39, 0.29) is 24.0 Å². The van der Waals surface area contributed by atoms with Crippen LogP contribution in [0.2, 0.25) is 0 Å². The largest absolute Gasteiger partial charge is 0.494 e. The van der Waals surface area contributed by atoms with Gasteiger partial charge < -0.3 is 20.3 Å². The fourth-order valence-electron chi connectivity index (χ4n) is 2.50. The molecule has 2 atom stereocenters. The normalized spacial score (nSPS) is 18.7. The third-order valence-electron chi connectivity index (χ3n) is 3.91. The van der Waals surface area contributed by atoms with E-state index in [1.165, 1.54) is 0 Å². The molecule has 0 bridgehead atoms. The van der Waals surface area contributed by atoms with E-state index in [9.17, 15) is 9.59 Å². The Balaban J connectivity index is 1.93. The molecule has 1 heterocycles. The number of nitrogens with one attached hydrogen (secondary N) is 2. The molecule has 126 valence electrons. The summed E-state index contributed by atoms with van der Waals surface area (Å²) in [7, 11) is 0. The molecule has 0 aromatic heterocycles. The molecule has 1 aliphatic rings. The highest BCUT2D eigenvalue weighted by Gasteiger charge is 2.31. The third kappa shape index (κ3) is 4.61. The monoisotopic (exact) mass is 319 g/mol. The maximum absolute atomic E-state index is 12.2. The predicted octanol–water partition coefficient (Wildman–Crippen LogP) is 2.29. The van der Waals surface area contributed by atoms with Gasteiger partial charge in [0.2, 0.25) is 5.91 Å². The highest BCUT2D eigenvalue weighted by atomic mass is 16.5. The number of urea groups is 1. The van der Waals surface area contributed by atoms with Crippen molar-refractivity contribution in [3.05, 3.63) is 24.3 Å². The number of rotatable bonds is 6. The average Bonchev–Trinajstić information content (AvgIpc) is 2.88.